The molecule has 152 valence electrons. The first-order chi connectivity index (χ1) is 12.9. The van der Waals surface area contributed by atoms with Crippen LogP contribution in [0.1, 0.15) is 19.4 Å². The van der Waals surface area contributed by atoms with Crippen molar-refractivity contribution in [3.05, 3.63) is 60.4 Å². The van der Waals surface area contributed by atoms with Crippen molar-refractivity contribution in [2.75, 3.05) is 0 Å². The standard InChI is InChI=1S/C18H21NO8S/c1-16(21)14(20)15(26-13-6-4-3-5-7-13)27-17(2,28(23,24)25)18(16,22)12-8-10-19-11-9-12/h3-11,14-15,20-22H,1-2H3,(H,23,24,25)/t14-,15+,16+,17?,18-/m0/s1. The molecule has 3 rings (SSSR count). The van der Waals surface area contributed by atoms with Crippen LogP contribution in [0.4, 0.5) is 0 Å². The maximum atomic E-state index is 12.3. The lowest BCUT2D eigenvalue weighted by Crippen LogP contribution is -2.77. The Morgan fingerprint density at radius 2 is 1.64 bits per heavy atom. The molecule has 9 nitrogen and oxygen atoms in total. The normalized spacial score (nSPS) is 36.1. The second-order valence-corrected chi connectivity index (χ2v) is 8.61. The Morgan fingerprint density at radius 3 is 2.18 bits per heavy atom. The lowest BCUT2D eigenvalue weighted by atomic mass is 9.70. The molecule has 28 heavy (non-hydrogen) atoms. The van der Waals surface area contributed by atoms with Crippen molar-refractivity contribution in [3.8, 4) is 5.75 Å². The van der Waals surface area contributed by atoms with E-state index >= 15 is 0 Å². The number of aromatic nitrogens is 1. The van der Waals surface area contributed by atoms with E-state index in [2.05, 4.69) is 4.98 Å². The van der Waals surface area contributed by atoms with Crippen LogP contribution in [-0.2, 0) is 20.5 Å². The largest absolute Gasteiger partial charge is 0.462 e. The second-order valence-electron chi connectivity index (χ2n) is 6.88. The molecule has 1 saturated heterocycles. The lowest BCUT2D eigenvalue weighted by molar-refractivity contribution is -0.358. The lowest BCUT2D eigenvalue weighted by Gasteiger charge is -2.57. The highest BCUT2D eigenvalue weighted by Gasteiger charge is 2.74. The van der Waals surface area contributed by atoms with Crippen LogP contribution in [0.15, 0.2) is 54.9 Å². The van der Waals surface area contributed by atoms with Crippen LogP contribution in [0.3, 0.4) is 0 Å². The van der Waals surface area contributed by atoms with Gasteiger partial charge in [-0.05, 0) is 43.7 Å². The summed E-state index contributed by atoms with van der Waals surface area (Å²) < 4.78 is 45.4. The number of ether oxygens (including phenoxy) is 2. The zero-order chi connectivity index (χ0) is 20.8. The molecular formula is C18H21NO8S. The van der Waals surface area contributed by atoms with Crippen molar-refractivity contribution in [3.63, 3.8) is 0 Å². The molecule has 1 unspecified atom stereocenters. The number of hydrogen-bond acceptors (Lipinski definition) is 8. The maximum absolute atomic E-state index is 12.3. The van der Waals surface area contributed by atoms with Crippen LogP contribution in [0.2, 0.25) is 0 Å². The Hall–Kier alpha value is -2.08. The number of aliphatic hydroxyl groups is 3. The van der Waals surface area contributed by atoms with E-state index in [0.29, 0.717) is 0 Å². The van der Waals surface area contributed by atoms with E-state index in [9.17, 15) is 28.3 Å². The Bertz CT molecular complexity index is 937. The number of benzene rings is 1. The van der Waals surface area contributed by atoms with Crippen LogP contribution >= 0.6 is 0 Å². The molecule has 1 aliphatic rings. The molecule has 0 aliphatic carbocycles. The van der Waals surface area contributed by atoms with Gasteiger partial charge in [0.15, 0.2) is 5.60 Å². The van der Waals surface area contributed by atoms with Gasteiger partial charge < -0.3 is 24.8 Å². The first-order valence-corrected chi connectivity index (χ1v) is 9.79. The maximum Gasteiger partial charge on any atom is 0.298 e. The van der Waals surface area contributed by atoms with Crippen molar-refractivity contribution >= 4 is 10.1 Å². The van der Waals surface area contributed by atoms with Gasteiger partial charge in [0.2, 0.25) is 11.2 Å². The van der Waals surface area contributed by atoms with Crippen LogP contribution in [-0.4, -0.2) is 56.2 Å². The van der Waals surface area contributed by atoms with Crippen molar-refractivity contribution in [2.24, 2.45) is 0 Å². The summed E-state index contributed by atoms with van der Waals surface area (Å²) in [5.74, 6) is 0.217. The third-order valence-corrected chi connectivity index (χ3v) is 6.53. The molecule has 0 radical (unpaired) electrons. The SMILES string of the molecule is CC1(S(=O)(=O)O)O[C@@H](Oc2ccccc2)[C@H](O)[C@@](C)(O)[C@@]1(O)c1ccncc1. The van der Waals surface area contributed by atoms with Gasteiger partial charge in [-0.15, -0.1) is 0 Å². The highest BCUT2D eigenvalue weighted by Crippen LogP contribution is 2.52. The van der Waals surface area contributed by atoms with Crippen LogP contribution in [0.5, 0.6) is 5.75 Å². The van der Waals surface area contributed by atoms with E-state index in [0.717, 1.165) is 13.8 Å². The molecule has 1 aromatic heterocycles. The quantitative estimate of drug-likeness (QED) is 0.526. The van der Waals surface area contributed by atoms with Gasteiger partial charge in [0, 0.05) is 12.4 Å². The smallest absolute Gasteiger partial charge is 0.298 e. The van der Waals surface area contributed by atoms with Crippen molar-refractivity contribution in [2.45, 2.75) is 42.4 Å². The summed E-state index contributed by atoms with van der Waals surface area (Å²) in [7, 11) is -5.14. The number of nitrogens with zero attached hydrogens (tertiary/aromatic N) is 1. The Labute approximate surface area is 161 Å². The number of aliphatic hydroxyl groups excluding tert-OH is 1. The van der Waals surface area contributed by atoms with Gasteiger partial charge in [0.1, 0.15) is 17.5 Å². The third-order valence-electron chi connectivity index (χ3n) is 5.15. The first-order valence-electron chi connectivity index (χ1n) is 8.35. The summed E-state index contributed by atoms with van der Waals surface area (Å²) in [6.45, 7) is 1.93. The van der Waals surface area contributed by atoms with Crippen LogP contribution < -0.4 is 4.74 Å². The predicted molar refractivity (Wildman–Crippen MR) is 96.7 cm³/mol. The Kier molecular flexibility index (Phi) is 4.99. The first kappa shape index (κ1) is 20.6. The van der Waals surface area contributed by atoms with Crippen LogP contribution in [0, 0.1) is 0 Å². The van der Waals surface area contributed by atoms with Gasteiger partial charge in [-0.25, -0.2) is 0 Å². The molecule has 4 N–H and O–H groups in total. The minimum atomic E-state index is -5.14. The molecule has 1 fully saturated rings. The average Bonchev–Trinajstić information content (AvgIpc) is 2.65. The zero-order valence-corrected chi connectivity index (χ0v) is 15.9. The molecular weight excluding hydrogens is 390 g/mol. The summed E-state index contributed by atoms with van der Waals surface area (Å²) in [5.41, 5.74) is -5.42. The Balaban J connectivity index is 2.17. The second kappa shape index (κ2) is 6.76. The van der Waals surface area contributed by atoms with Crippen LogP contribution in [0.25, 0.3) is 0 Å². The van der Waals surface area contributed by atoms with E-state index in [1.54, 1.807) is 18.2 Å². The van der Waals surface area contributed by atoms with Crippen molar-refractivity contribution in [1.82, 2.24) is 4.98 Å². The van der Waals surface area contributed by atoms with E-state index in [4.69, 9.17) is 9.47 Å². The highest BCUT2D eigenvalue weighted by atomic mass is 32.2. The van der Waals surface area contributed by atoms with Crippen molar-refractivity contribution in [1.29, 1.82) is 0 Å². The fourth-order valence-electron chi connectivity index (χ4n) is 3.43. The zero-order valence-electron chi connectivity index (χ0n) is 15.1. The van der Waals surface area contributed by atoms with Gasteiger partial charge >= 0.3 is 0 Å². The monoisotopic (exact) mass is 411 g/mol. The topological polar surface area (TPSA) is 146 Å². The predicted octanol–water partition coefficient (Wildman–Crippen LogP) is 0.420. The molecule has 5 atom stereocenters. The number of para-hydroxylation sites is 1. The summed E-state index contributed by atoms with van der Waals surface area (Å²) in [5, 5.41) is 33.2. The molecule has 0 spiro atoms. The molecule has 1 aromatic carbocycles. The molecule has 1 aliphatic heterocycles. The van der Waals surface area contributed by atoms with Gasteiger partial charge in [-0.3, -0.25) is 9.54 Å². The molecule has 0 bridgehead atoms. The third kappa shape index (κ3) is 2.89. The van der Waals surface area contributed by atoms with E-state index < -0.39 is 38.6 Å². The van der Waals surface area contributed by atoms with Gasteiger partial charge in [0.25, 0.3) is 10.1 Å². The molecule has 10 heteroatoms. The van der Waals surface area contributed by atoms with E-state index in [-0.39, 0.29) is 11.3 Å². The summed E-state index contributed by atoms with van der Waals surface area (Å²) in [6.07, 6.45) is -1.09. The highest BCUT2D eigenvalue weighted by molar-refractivity contribution is 7.87. The molecule has 0 amide bonds. The van der Waals surface area contributed by atoms with Gasteiger partial charge in [-0.2, -0.15) is 8.42 Å². The molecule has 0 saturated carbocycles. The number of pyridine rings is 1. The fourth-order valence-corrected chi connectivity index (χ4v) is 4.34. The minimum Gasteiger partial charge on any atom is -0.462 e. The van der Waals surface area contributed by atoms with Gasteiger partial charge in [-0.1, -0.05) is 18.2 Å². The molecule has 2 aromatic rings. The van der Waals surface area contributed by atoms with E-state index in [1.807, 2.05) is 0 Å². The van der Waals surface area contributed by atoms with Crippen molar-refractivity contribution < 1.29 is 37.8 Å². The summed E-state index contributed by atoms with van der Waals surface area (Å²) >= 11 is 0. The van der Waals surface area contributed by atoms with E-state index in [1.165, 1.54) is 36.7 Å². The summed E-state index contributed by atoms with van der Waals surface area (Å²) in [6, 6.07) is 10.5. The fraction of sp³-hybridized carbons (Fsp3) is 0.389. The average molecular weight is 411 g/mol. The Morgan fingerprint density at radius 1 is 1.07 bits per heavy atom. The minimum absolute atomic E-state index is 0.134. The number of hydrogen-bond donors (Lipinski definition) is 4. The summed E-state index contributed by atoms with van der Waals surface area (Å²) in [4.78, 5) is 0.998. The number of rotatable bonds is 4. The van der Waals surface area contributed by atoms with Gasteiger partial charge in [0.05, 0.1) is 0 Å². The molecule has 2 heterocycles.